The summed E-state index contributed by atoms with van der Waals surface area (Å²) in [4.78, 5) is 18.0. The zero-order valence-electron chi connectivity index (χ0n) is 11.4. The zero-order chi connectivity index (χ0) is 13.2. The molecule has 1 saturated heterocycles. The van der Waals surface area contributed by atoms with Gasteiger partial charge in [0.1, 0.15) is 5.84 Å². The molecule has 0 aromatic carbocycles. The van der Waals surface area contributed by atoms with Crippen LogP contribution >= 0.6 is 0 Å². The van der Waals surface area contributed by atoms with Gasteiger partial charge in [-0.25, -0.2) is 4.99 Å². The van der Waals surface area contributed by atoms with Crippen LogP contribution in [0.2, 0.25) is 0 Å². The molecule has 0 radical (unpaired) electrons. The van der Waals surface area contributed by atoms with E-state index >= 15 is 0 Å². The third-order valence-corrected chi connectivity index (χ3v) is 3.59. The normalized spacial score (nSPS) is 20.0. The highest BCUT2D eigenvalue weighted by molar-refractivity contribution is 5.84. The molecule has 0 unspecified atom stereocenters. The minimum atomic E-state index is -0.224. The van der Waals surface area contributed by atoms with Gasteiger partial charge < -0.3 is 10.6 Å². The molecule has 1 amide bonds. The summed E-state index contributed by atoms with van der Waals surface area (Å²) in [7, 11) is 0. The summed E-state index contributed by atoms with van der Waals surface area (Å²) < 4.78 is 0. The van der Waals surface area contributed by atoms with Crippen molar-refractivity contribution in [3.05, 3.63) is 11.8 Å². The van der Waals surface area contributed by atoms with Crippen LogP contribution in [-0.2, 0) is 4.79 Å². The van der Waals surface area contributed by atoms with E-state index in [4.69, 9.17) is 5.73 Å². The third-order valence-electron chi connectivity index (χ3n) is 3.59. The number of nitrogens with zero attached hydrogens (tertiary/aromatic N) is 2. The molecule has 0 aromatic rings. The molecule has 4 nitrogen and oxygen atoms in total. The molecule has 2 N–H and O–H groups in total. The smallest absolute Gasteiger partial charge is 0.217 e. The predicted octanol–water partition coefficient (Wildman–Crippen LogP) is 2.06. The van der Waals surface area contributed by atoms with E-state index < -0.39 is 0 Å². The lowest BCUT2D eigenvalue weighted by Gasteiger charge is -2.35. The van der Waals surface area contributed by atoms with E-state index in [1.54, 1.807) is 0 Å². The van der Waals surface area contributed by atoms with Gasteiger partial charge >= 0.3 is 0 Å². The van der Waals surface area contributed by atoms with E-state index in [1.807, 2.05) is 6.20 Å². The maximum Gasteiger partial charge on any atom is 0.217 e. The van der Waals surface area contributed by atoms with Crippen LogP contribution in [0.15, 0.2) is 16.8 Å². The second-order valence-electron chi connectivity index (χ2n) is 6.20. The molecule has 18 heavy (non-hydrogen) atoms. The average Bonchev–Trinajstić information content (AvgIpc) is 2.26. The maximum atomic E-state index is 11.0. The summed E-state index contributed by atoms with van der Waals surface area (Å²) in [5.74, 6) is 1.01. The van der Waals surface area contributed by atoms with Crippen LogP contribution in [0.1, 0.15) is 46.0 Å². The summed E-state index contributed by atoms with van der Waals surface area (Å²) in [5.41, 5.74) is 6.54. The minimum absolute atomic E-state index is 0.0690. The number of primary amides is 1. The Morgan fingerprint density at radius 3 is 3.00 bits per heavy atom. The molecule has 100 valence electrons. The number of rotatable bonds is 4. The van der Waals surface area contributed by atoms with Crippen molar-refractivity contribution >= 4 is 11.7 Å². The van der Waals surface area contributed by atoms with E-state index in [9.17, 15) is 4.79 Å². The number of piperidine rings is 1. The highest BCUT2D eigenvalue weighted by Gasteiger charge is 2.26. The summed E-state index contributed by atoms with van der Waals surface area (Å²) in [6.45, 7) is 6.27. The third kappa shape index (κ3) is 3.34. The summed E-state index contributed by atoms with van der Waals surface area (Å²) >= 11 is 0. The lowest BCUT2D eigenvalue weighted by Crippen LogP contribution is -2.39. The first kappa shape index (κ1) is 13.1. The van der Waals surface area contributed by atoms with Crippen molar-refractivity contribution in [3.8, 4) is 0 Å². The largest absolute Gasteiger partial charge is 0.370 e. The summed E-state index contributed by atoms with van der Waals surface area (Å²) in [6.07, 6.45) is 6.95. The van der Waals surface area contributed by atoms with E-state index in [0.717, 1.165) is 25.9 Å². The number of amides is 1. The van der Waals surface area contributed by atoms with Gasteiger partial charge in [-0.05, 0) is 30.3 Å². The molecule has 1 fully saturated rings. The number of aliphatic imine (C=N–C) groups is 1. The van der Waals surface area contributed by atoms with Crippen LogP contribution in [-0.4, -0.2) is 29.7 Å². The first-order valence-electron chi connectivity index (χ1n) is 6.74. The minimum Gasteiger partial charge on any atom is -0.370 e. The van der Waals surface area contributed by atoms with Gasteiger partial charge in [0.05, 0.1) is 0 Å². The van der Waals surface area contributed by atoms with Crippen LogP contribution in [0.3, 0.4) is 0 Å². The SMILES string of the molecule is CC(C)(CC(N)=O)CC1=CN=C2CCCCN2C1. The van der Waals surface area contributed by atoms with Gasteiger partial charge in [-0.3, -0.25) is 4.79 Å². The van der Waals surface area contributed by atoms with Crippen molar-refractivity contribution in [2.45, 2.75) is 46.0 Å². The Morgan fingerprint density at radius 1 is 1.50 bits per heavy atom. The molecular weight excluding hydrogens is 226 g/mol. The maximum absolute atomic E-state index is 11.0. The summed E-state index contributed by atoms with van der Waals surface area (Å²) in [6, 6.07) is 0. The quantitative estimate of drug-likeness (QED) is 0.829. The van der Waals surface area contributed by atoms with Crippen LogP contribution in [0.25, 0.3) is 0 Å². The number of carbonyl (C=O) groups excluding carboxylic acids is 1. The highest BCUT2D eigenvalue weighted by atomic mass is 16.1. The number of hydrogen-bond acceptors (Lipinski definition) is 3. The molecule has 2 rings (SSSR count). The van der Waals surface area contributed by atoms with E-state index in [0.29, 0.717) is 6.42 Å². The Balaban J connectivity index is 2.00. The number of amidine groups is 1. The first-order chi connectivity index (χ1) is 8.46. The van der Waals surface area contributed by atoms with E-state index in [-0.39, 0.29) is 11.3 Å². The fourth-order valence-electron chi connectivity index (χ4n) is 2.89. The molecule has 0 spiro atoms. The zero-order valence-corrected chi connectivity index (χ0v) is 11.4. The fraction of sp³-hybridized carbons (Fsp3) is 0.714. The Labute approximate surface area is 109 Å². The molecule has 0 aliphatic carbocycles. The molecule has 0 bridgehead atoms. The molecule has 0 saturated carbocycles. The van der Waals surface area contributed by atoms with Crippen LogP contribution in [0.4, 0.5) is 0 Å². The Morgan fingerprint density at radius 2 is 2.28 bits per heavy atom. The lowest BCUT2D eigenvalue weighted by atomic mass is 9.82. The van der Waals surface area contributed by atoms with Gasteiger partial charge in [-0.2, -0.15) is 0 Å². The van der Waals surface area contributed by atoms with Gasteiger partial charge in [0.15, 0.2) is 0 Å². The van der Waals surface area contributed by atoms with Gasteiger partial charge in [0.2, 0.25) is 5.91 Å². The van der Waals surface area contributed by atoms with Gasteiger partial charge in [-0.15, -0.1) is 0 Å². The second-order valence-corrected chi connectivity index (χ2v) is 6.20. The average molecular weight is 249 g/mol. The van der Waals surface area contributed by atoms with Gasteiger partial charge in [0.25, 0.3) is 0 Å². The van der Waals surface area contributed by atoms with Crippen molar-refractivity contribution in [2.75, 3.05) is 13.1 Å². The van der Waals surface area contributed by atoms with Crippen molar-refractivity contribution in [2.24, 2.45) is 16.1 Å². The van der Waals surface area contributed by atoms with Crippen molar-refractivity contribution < 1.29 is 4.79 Å². The Hall–Kier alpha value is -1.32. The first-order valence-corrected chi connectivity index (χ1v) is 6.74. The van der Waals surface area contributed by atoms with Crippen molar-refractivity contribution in [3.63, 3.8) is 0 Å². The Kier molecular flexibility index (Phi) is 3.73. The lowest BCUT2D eigenvalue weighted by molar-refractivity contribution is -0.119. The molecule has 0 atom stereocenters. The van der Waals surface area contributed by atoms with Crippen molar-refractivity contribution in [1.29, 1.82) is 0 Å². The van der Waals surface area contributed by atoms with E-state index in [2.05, 4.69) is 23.7 Å². The standard InChI is InChI=1S/C14H23N3O/c1-14(2,8-12(15)18)7-11-9-16-13-5-3-4-6-17(13)10-11/h9H,3-8,10H2,1-2H3,(H2,15,18). The topological polar surface area (TPSA) is 58.7 Å². The monoisotopic (exact) mass is 249 g/mol. The second kappa shape index (κ2) is 5.12. The van der Waals surface area contributed by atoms with Crippen LogP contribution in [0, 0.1) is 5.41 Å². The molecule has 2 aliphatic rings. The summed E-state index contributed by atoms with van der Waals surface area (Å²) in [5, 5.41) is 0. The number of hydrogen-bond donors (Lipinski definition) is 1. The number of carbonyl (C=O) groups is 1. The van der Waals surface area contributed by atoms with E-state index in [1.165, 1.54) is 24.3 Å². The van der Waals surface area contributed by atoms with Gasteiger partial charge in [-0.1, -0.05) is 13.8 Å². The fourth-order valence-corrected chi connectivity index (χ4v) is 2.89. The Bertz CT molecular complexity index is 396. The molecular formula is C14H23N3O. The van der Waals surface area contributed by atoms with Gasteiger partial charge in [0, 0.05) is 32.1 Å². The molecule has 4 heteroatoms. The molecule has 2 aliphatic heterocycles. The van der Waals surface area contributed by atoms with Crippen molar-refractivity contribution in [1.82, 2.24) is 4.90 Å². The number of nitrogens with two attached hydrogens (primary N) is 1. The highest BCUT2D eigenvalue weighted by Crippen LogP contribution is 2.31. The van der Waals surface area contributed by atoms with Crippen LogP contribution < -0.4 is 5.73 Å². The molecule has 0 aromatic heterocycles. The molecule has 2 heterocycles. The predicted molar refractivity (Wildman–Crippen MR) is 73.2 cm³/mol. The van der Waals surface area contributed by atoms with Crippen LogP contribution in [0.5, 0.6) is 0 Å². The number of fused-ring (bicyclic) bond motifs is 1.